The molecule has 9 nitrogen and oxygen atoms in total. The average molecular weight is 488 g/mol. The molecular formula is C24H33N5O4S. The van der Waals surface area contributed by atoms with Crippen LogP contribution in [-0.2, 0) is 22.7 Å². The first kappa shape index (κ1) is 25.6. The van der Waals surface area contributed by atoms with Crippen LogP contribution < -0.4 is 15.4 Å². The van der Waals surface area contributed by atoms with Gasteiger partial charge in [-0.1, -0.05) is 50.7 Å². The lowest BCUT2D eigenvalue weighted by Gasteiger charge is -2.28. The van der Waals surface area contributed by atoms with Crippen LogP contribution in [-0.4, -0.2) is 45.2 Å². The van der Waals surface area contributed by atoms with Crippen molar-refractivity contribution < 1.29 is 19.1 Å². The molecule has 1 aliphatic heterocycles. The average Bonchev–Trinajstić information content (AvgIpc) is 3.21. The minimum absolute atomic E-state index is 0.265. The standard InChI is InChI=1S/C24H33N5O4S/c1-5-18-21(22(30)32-6-2)19(26-23(31)25-18)15-34-24-28-27-20(29(24)13-12-16(3)4)14-33-17-10-8-7-9-11-17/h7-11,16,18H,5-6,12-15H2,1-4H3,(H2,25,26,31)/t18-/m1/s1. The predicted molar refractivity (Wildman–Crippen MR) is 130 cm³/mol. The molecule has 2 heterocycles. The van der Waals surface area contributed by atoms with Gasteiger partial charge >= 0.3 is 12.0 Å². The van der Waals surface area contributed by atoms with Crippen molar-refractivity contribution in [3.63, 3.8) is 0 Å². The van der Waals surface area contributed by atoms with E-state index in [2.05, 4.69) is 39.2 Å². The highest BCUT2D eigenvalue weighted by Gasteiger charge is 2.31. The summed E-state index contributed by atoms with van der Waals surface area (Å²) in [6.45, 7) is 9.33. The molecule has 3 rings (SSSR count). The molecule has 0 aliphatic carbocycles. The minimum atomic E-state index is -0.421. The lowest BCUT2D eigenvalue weighted by atomic mass is 10.0. The maximum atomic E-state index is 12.6. The van der Waals surface area contributed by atoms with Gasteiger partial charge in [0.2, 0.25) is 0 Å². The number of para-hydroxylation sites is 1. The van der Waals surface area contributed by atoms with E-state index in [9.17, 15) is 9.59 Å². The molecule has 10 heteroatoms. The number of thioether (sulfide) groups is 1. The molecule has 0 spiro atoms. The Balaban J connectivity index is 1.81. The largest absolute Gasteiger partial charge is 0.486 e. The Hall–Kier alpha value is -3.01. The third-order valence-corrected chi connectivity index (χ3v) is 6.32. The number of esters is 1. The number of nitrogens with one attached hydrogen (secondary N) is 2. The van der Waals surface area contributed by atoms with Gasteiger partial charge in [-0.2, -0.15) is 0 Å². The van der Waals surface area contributed by atoms with Gasteiger partial charge in [0.15, 0.2) is 11.0 Å². The van der Waals surface area contributed by atoms with Crippen LogP contribution in [0.25, 0.3) is 0 Å². The summed E-state index contributed by atoms with van der Waals surface area (Å²) >= 11 is 1.43. The van der Waals surface area contributed by atoms with E-state index in [-0.39, 0.29) is 12.6 Å². The molecule has 1 aromatic heterocycles. The summed E-state index contributed by atoms with van der Waals surface area (Å²) < 4.78 is 13.2. The summed E-state index contributed by atoms with van der Waals surface area (Å²) in [7, 11) is 0. The van der Waals surface area contributed by atoms with E-state index in [0.717, 1.165) is 24.5 Å². The second-order valence-corrected chi connectivity index (χ2v) is 9.24. The van der Waals surface area contributed by atoms with E-state index >= 15 is 0 Å². The number of carbonyl (C=O) groups excluding carboxylic acids is 2. The number of benzene rings is 1. The molecule has 0 fully saturated rings. The Morgan fingerprint density at radius 1 is 1.21 bits per heavy atom. The zero-order valence-electron chi connectivity index (χ0n) is 20.2. The fourth-order valence-electron chi connectivity index (χ4n) is 3.52. The van der Waals surface area contributed by atoms with Gasteiger partial charge in [-0.3, -0.25) is 0 Å². The quantitative estimate of drug-likeness (QED) is 0.345. The van der Waals surface area contributed by atoms with Crippen molar-refractivity contribution in [1.29, 1.82) is 0 Å². The predicted octanol–water partition coefficient (Wildman–Crippen LogP) is 3.90. The first-order chi connectivity index (χ1) is 16.4. The Kier molecular flexibility index (Phi) is 9.38. The van der Waals surface area contributed by atoms with Crippen LogP contribution in [0.5, 0.6) is 5.75 Å². The number of urea groups is 1. The second-order valence-electron chi connectivity index (χ2n) is 8.30. The lowest BCUT2D eigenvalue weighted by molar-refractivity contribution is -0.139. The number of carbonyl (C=O) groups is 2. The molecular weight excluding hydrogens is 454 g/mol. The molecule has 0 saturated heterocycles. The Labute approximate surface area is 204 Å². The maximum absolute atomic E-state index is 12.6. The van der Waals surface area contributed by atoms with Crippen molar-refractivity contribution in [2.75, 3.05) is 12.4 Å². The zero-order valence-corrected chi connectivity index (χ0v) is 21.0. The summed E-state index contributed by atoms with van der Waals surface area (Å²) in [5.41, 5.74) is 0.997. The molecule has 1 aromatic carbocycles. The number of hydrogen-bond acceptors (Lipinski definition) is 7. The second kappa shape index (κ2) is 12.5. The summed E-state index contributed by atoms with van der Waals surface area (Å²) in [6, 6.07) is 8.87. The van der Waals surface area contributed by atoms with Crippen molar-refractivity contribution in [2.45, 2.75) is 64.9 Å². The van der Waals surface area contributed by atoms with Gasteiger partial charge in [0.25, 0.3) is 0 Å². The van der Waals surface area contributed by atoms with Crippen LogP contribution in [0.2, 0.25) is 0 Å². The van der Waals surface area contributed by atoms with Crippen LogP contribution in [0.15, 0.2) is 46.8 Å². The number of amides is 2. The van der Waals surface area contributed by atoms with Gasteiger partial charge in [0.1, 0.15) is 12.4 Å². The molecule has 0 radical (unpaired) electrons. The normalized spacial score (nSPS) is 15.8. The van der Waals surface area contributed by atoms with E-state index in [1.165, 1.54) is 11.8 Å². The molecule has 1 atom stereocenters. The maximum Gasteiger partial charge on any atom is 0.337 e. The monoisotopic (exact) mass is 487 g/mol. The van der Waals surface area contributed by atoms with Gasteiger partial charge in [0, 0.05) is 18.0 Å². The molecule has 0 unspecified atom stereocenters. The van der Waals surface area contributed by atoms with Crippen LogP contribution in [0.4, 0.5) is 4.79 Å². The van der Waals surface area contributed by atoms with E-state index in [1.807, 2.05) is 37.3 Å². The number of hydrogen-bond donors (Lipinski definition) is 2. The van der Waals surface area contributed by atoms with E-state index < -0.39 is 12.0 Å². The number of rotatable bonds is 12. The fraction of sp³-hybridized carbons (Fsp3) is 0.500. The van der Waals surface area contributed by atoms with Gasteiger partial charge in [-0.15, -0.1) is 10.2 Å². The third-order valence-electron chi connectivity index (χ3n) is 5.33. The van der Waals surface area contributed by atoms with E-state index in [0.29, 0.717) is 41.1 Å². The van der Waals surface area contributed by atoms with Gasteiger partial charge in [-0.05, 0) is 37.8 Å². The molecule has 2 amide bonds. The summed E-state index contributed by atoms with van der Waals surface area (Å²) in [5, 5.41) is 15.0. The molecule has 2 aromatic rings. The minimum Gasteiger partial charge on any atom is -0.486 e. The smallest absolute Gasteiger partial charge is 0.337 e. The number of ether oxygens (including phenoxy) is 2. The van der Waals surface area contributed by atoms with Crippen molar-refractivity contribution in [1.82, 2.24) is 25.4 Å². The highest BCUT2D eigenvalue weighted by molar-refractivity contribution is 7.99. The van der Waals surface area contributed by atoms with Gasteiger partial charge in [-0.25, -0.2) is 9.59 Å². The fourth-order valence-corrected chi connectivity index (χ4v) is 4.47. The van der Waals surface area contributed by atoms with Crippen molar-refractivity contribution in [3.05, 3.63) is 47.4 Å². The highest BCUT2D eigenvalue weighted by Crippen LogP contribution is 2.25. The Morgan fingerprint density at radius 3 is 2.65 bits per heavy atom. The molecule has 2 N–H and O–H groups in total. The first-order valence-electron chi connectivity index (χ1n) is 11.6. The molecule has 184 valence electrons. The summed E-state index contributed by atoms with van der Waals surface area (Å²) in [5.74, 6) is 1.94. The Morgan fingerprint density at radius 2 is 1.97 bits per heavy atom. The van der Waals surface area contributed by atoms with Crippen LogP contribution in [0.1, 0.15) is 46.4 Å². The molecule has 1 aliphatic rings. The number of aromatic nitrogens is 3. The van der Waals surface area contributed by atoms with Crippen LogP contribution in [0.3, 0.4) is 0 Å². The van der Waals surface area contributed by atoms with Crippen molar-refractivity contribution >= 4 is 23.8 Å². The van der Waals surface area contributed by atoms with E-state index in [4.69, 9.17) is 9.47 Å². The Bertz CT molecular complexity index is 1010. The molecule has 34 heavy (non-hydrogen) atoms. The van der Waals surface area contributed by atoms with Crippen molar-refractivity contribution in [2.24, 2.45) is 5.92 Å². The van der Waals surface area contributed by atoms with Crippen molar-refractivity contribution in [3.8, 4) is 5.75 Å². The topological polar surface area (TPSA) is 107 Å². The van der Waals surface area contributed by atoms with Crippen LogP contribution in [0, 0.1) is 5.92 Å². The van der Waals surface area contributed by atoms with Gasteiger partial charge < -0.3 is 24.7 Å². The van der Waals surface area contributed by atoms with Crippen LogP contribution >= 0.6 is 11.8 Å². The summed E-state index contributed by atoms with van der Waals surface area (Å²) in [4.78, 5) is 24.8. The van der Waals surface area contributed by atoms with E-state index in [1.54, 1.807) is 6.92 Å². The van der Waals surface area contributed by atoms with Gasteiger partial charge in [0.05, 0.1) is 18.2 Å². The lowest BCUT2D eigenvalue weighted by Crippen LogP contribution is -2.50. The molecule has 0 bridgehead atoms. The molecule has 0 saturated carbocycles. The summed E-state index contributed by atoms with van der Waals surface area (Å²) in [6.07, 6.45) is 1.54. The highest BCUT2D eigenvalue weighted by atomic mass is 32.2. The zero-order chi connectivity index (χ0) is 24.5. The number of nitrogens with zero attached hydrogens (tertiary/aromatic N) is 3. The first-order valence-corrected chi connectivity index (χ1v) is 12.6. The SMILES string of the molecule is CCOC(=O)C1=C(CSc2nnc(COc3ccccc3)n2CCC(C)C)NC(=O)N[C@@H]1CC. The third kappa shape index (κ3) is 6.75.